The number of benzene rings is 1. The number of imide groups is 1. The molecule has 2 aliphatic heterocycles. The molecule has 2 N–H and O–H groups in total. The van der Waals surface area contributed by atoms with Crippen molar-refractivity contribution in [2.24, 2.45) is 0 Å². The number of rotatable bonds is 3. The molecule has 0 radical (unpaired) electrons. The van der Waals surface area contributed by atoms with Crippen LogP contribution < -0.4 is 10.2 Å². The van der Waals surface area contributed by atoms with Crippen LogP contribution in [0.1, 0.15) is 22.0 Å². The molecule has 0 bridgehead atoms. The van der Waals surface area contributed by atoms with E-state index in [-0.39, 0.29) is 18.0 Å². The third-order valence-electron chi connectivity index (χ3n) is 4.84. The summed E-state index contributed by atoms with van der Waals surface area (Å²) in [6, 6.07) is 12.4. The lowest BCUT2D eigenvalue weighted by molar-refractivity contribution is -0.920. The lowest BCUT2D eigenvalue weighted by Gasteiger charge is -2.33. The zero-order chi connectivity index (χ0) is 16.5. The molecule has 2 aromatic rings. The molecular weight excluding hydrogens is 322 g/mol. The van der Waals surface area contributed by atoms with Gasteiger partial charge in [-0.15, -0.1) is 11.3 Å². The summed E-state index contributed by atoms with van der Waals surface area (Å²) < 4.78 is 0. The second-order valence-electron chi connectivity index (χ2n) is 6.26. The molecule has 1 saturated heterocycles. The van der Waals surface area contributed by atoms with E-state index in [0.717, 1.165) is 13.0 Å². The number of fused-ring (bicyclic) bond motifs is 1. The molecule has 1 aromatic heterocycles. The Morgan fingerprint density at radius 3 is 2.88 bits per heavy atom. The molecule has 4 rings (SSSR count). The normalized spacial score (nSPS) is 23.0. The summed E-state index contributed by atoms with van der Waals surface area (Å²) in [4.78, 5) is 28.3. The van der Waals surface area contributed by atoms with E-state index in [1.165, 1.54) is 25.8 Å². The van der Waals surface area contributed by atoms with Gasteiger partial charge in [-0.3, -0.25) is 9.69 Å². The lowest BCUT2D eigenvalue weighted by Crippen LogP contribution is -3.14. The topological polar surface area (TPSA) is 53.9 Å². The zero-order valence-electron chi connectivity index (χ0n) is 13.3. The first kappa shape index (κ1) is 15.4. The third kappa shape index (κ3) is 2.72. The van der Waals surface area contributed by atoms with Gasteiger partial charge in [0, 0.05) is 35.5 Å². The fourth-order valence-corrected chi connectivity index (χ4v) is 4.62. The van der Waals surface area contributed by atoms with Crippen LogP contribution in [0.3, 0.4) is 0 Å². The van der Waals surface area contributed by atoms with Gasteiger partial charge in [0.15, 0.2) is 6.54 Å². The predicted octanol–water partition coefficient (Wildman–Crippen LogP) is 0.830. The van der Waals surface area contributed by atoms with Gasteiger partial charge in [-0.25, -0.2) is 4.79 Å². The van der Waals surface area contributed by atoms with Crippen molar-refractivity contribution in [1.29, 1.82) is 0 Å². The van der Waals surface area contributed by atoms with Crippen molar-refractivity contribution in [2.45, 2.75) is 12.5 Å². The summed E-state index contributed by atoms with van der Waals surface area (Å²) in [6.07, 6.45) is 0.991. The van der Waals surface area contributed by atoms with E-state index in [2.05, 4.69) is 28.9 Å². The first-order valence-corrected chi connectivity index (χ1v) is 9.16. The average molecular weight is 342 g/mol. The van der Waals surface area contributed by atoms with E-state index in [9.17, 15) is 9.59 Å². The van der Waals surface area contributed by atoms with Gasteiger partial charge in [-0.05, 0) is 11.4 Å². The van der Waals surface area contributed by atoms with Crippen molar-refractivity contribution >= 4 is 23.3 Å². The van der Waals surface area contributed by atoms with Crippen molar-refractivity contribution in [2.75, 3.05) is 26.2 Å². The molecule has 2 atom stereocenters. The number of carbonyl (C=O) groups is 2. The molecule has 0 saturated carbocycles. The Bertz CT molecular complexity index is 759. The number of nitrogens with one attached hydrogen (secondary N) is 2. The van der Waals surface area contributed by atoms with Crippen LogP contribution in [0.4, 0.5) is 4.79 Å². The van der Waals surface area contributed by atoms with Gasteiger partial charge in [0.05, 0.1) is 6.54 Å². The number of carbonyl (C=O) groups excluding carboxylic acids is 2. The van der Waals surface area contributed by atoms with Crippen LogP contribution in [0.2, 0.25) is 0 Å². The largest absolute Gasteiger partial charge is 0.336 e. The smallest absolute Gasteiger partial charge is 0.324 e. The van der Waals surface area contributed by atoms with Gasteiger partial charge in [0.1, 0.15) is 6.04 Å². The minimum atomic E-state index is -0.260. The summed E-state index contributed by atoms with van der Waals surface area (Å²) in [7, 11) is 0. The van der Waals surface area contributed by atoms with Gasteiger partial charge in [-0.1, -0.05) is 30.3 Å². The molecular formula is C18H20N3O2S+. The molecule has 5 nitrogen and oxygen atoms in total. The summed E-state index contributed by atoms with van der Waals surface area (Å²) in [6.45, 7) is 2.29. The molecule has 24 heavy (non-hydrogen) atoms. The summed E-state index contributed by atoms with van der Waals surface area (Å²) in [5.74, 6) is -0.0837. The Labute approximate surface area is 144 Å². The van der Waals surface area contributed by atoms with E-state index in [0.29, 0.717) is 19.6 Å². The standard InChI is InChI=1S/C18H19N3O2S/c22-16(21-10-8-19-18(21)23)12-20-9-6-15-14(7-11-24-15)17(20)13-4-2-1-3-5-13/h1-5,7,11,17H,6,8-10,12H2,(H,19,23)/p+1/t17-/m0/s1. The van der Waals surface area contributed by atoms with Crippen molar-refractivity contribution < 1.29 is 14.5 Å². The van der Waals surface area contributed by atoms with Crippen LogP contribution in [-0.2, 0) is 11.2 Å². The van der Waals surface area contributed by atoms with Gasteiger partial charge in [0.25, 0.3) is 5.91 Å². The highest BCUT2D eigenvalue weighted by molar-refractivity contribution is 7.10. The molecule has 6 heteroatoms. The minimum Gasteiger partial charge on any atom is -0.336 e. The molecule has 0 aliphatic carbocycles. The van der Waals surface area contributed by atoms with Crippen LogP contribution >= 0.6 is 11.3 Å². The van der Waals surface area contributed by atoms with Gasteiger partial charge in [-0.2, -0.15) is 0 Å². The first-order valence-electron chi connectivity index (χ1n) is 8.28. The number of urea groups is 1. The van der Waals surface area contributed by atoms with E-state index in [1.54, 1.807) is 11.3 Å². The number of quaternary nitrogens is 1. The molecule has 3 amide bonds. The van der Waals surface area contributed by atoms with E-state index >= 15 is 0 Å². The maximum Gasteiger partial charge on any atom is 0.324 e. The Morgan fingerprint density at radius 2 is 2.12 bits per heavy atom. The van der Waals surface area contributed by atoms with Gasteiger partial charge >= 0.3 is 6.03 Å². The Kier molecular flexibility index (Phi) is 4.08. The monoisotopic (exact) mass is 342 g/mol. The number of hydrogen-bond acceptors (Lipinski definition) is 3. The van der Waals surface area contributed by atoms with E-state index in [4.69, 9.17) is 0 Å². The SMILES string of the molecule is O=C(C[NH+]1CCc2sccc2[C@@H]1c1ccccc1)N1CCNC1=O. The zero-order valence-corrected chi connectivity index (χ0v) is 14.1. The van der Waals surface area contributed by atoms with Crippen molar-refractivity contribution in [3.8, 4) is 0 Å². The van der Waals surface area contributed by atoms with E-state index < -0.39 is 0 Å². The first-order chi connectivity index (χ1) is 11.7. The third-order valence-corrected chi connectivity index (χ3v) is 5.84. The van der Waals surface area contributed by atoms with Crippen molar-refractivity contribution in [3.05, 3.63) is 57.8 Å². The summed E-state index contributed by atoms with van der Waals surface area (Å²) in [5, 5.41) is 4.84. The lowest BCUT2D eigenvalue weighted by atomic mass is 9.93. The van der Waals surface area contributed by atoms with Gasteiger partial charge in [0.2, 0.25) is 0 Å². The maximum atomic E-state index is 12.6. The Balaban J connectivity index is 1.62. The quantitative estimate of drug-likeness (QED) is 0.868. The second kappa shape index (κ2) is 6.37. The fraction of sp³-hybridized carbons (Fsp3) is 0.333. The molecule has 1 fully saturated rings. The van der Waals surface area contributed by atoms with Crippen LogP contribution in [0, 0.1) is 0 Å². The number of thiophene rings is 1. The highest BCUT2D eigenvalue weighted by atomic mass is 32.1. The van der Waals surface area contributed by atoms with Crippen LogP contribution in [0.25, 0.3) is 0 Å². The Morgan fingerprint density at radius 1 is 1.29 bits per heavy atom. The molecule has 1 aromatic carbocycles. The molecule has 1 unspecified atom stereocenters. The number of nitrogens with zero attached hydrogens (tertiary/aromatic N) is 1. The highest BCUT2D eigenvalue weighted by Gasteiger charge is 2.37. The highest BCUT2D eigenvalue weighted by Crippen LogP contribution is 2.29. The summed E-state index contributed by atoms with van der Waals surface area (Å²) in [5.41, 5.74) is 2.55. The second-order valence-corrected chi connectivity index (χ2v) is 7.26. The Hall–Kier alpha value is -2.18. The van der Waals surface area contributed by atoms with Crippen LogP contribution in [-0.4, -0.2) is 43.0 Å². The minimum absolute atomic E-state index is 0.0837. The van der Waals surface area contributed by atoms with Crippen molar-refractivity contribution in [3.63, 3.8) is 0 Å². The average Bonchev–Trinajstić information content (AvgIpc) is 3.24. The number of hydrogen-bond donors (Lipinski definition) is 2. The number of amides is 3. The van der Waals surface area contributed by atoms with Crippen LogP contribution in [0.5, 0.6) is 0 Å². The molecule has 2 aliphatic rings. The van der Waals surface area contributed by atoms with Crippen molar-refractivity contribution in [1.82, 2.24) is 10.2 Å². The van der Waals surface area contributed by atoms with Crippen LogP contribution in [0.15, 0.2) is 41.8 Å². The summed E-state index contributed by atoms with van der Waals surface area (Å²) >= 11 is 1.80. The maximum absolute atomic E-state index is 12.6. The molecule has 3 heterocycles. The molecule has 124 valence electrons. The molecule has 0 spiro atoms. The fourth-order valence-electron chi connectivity index (χ4n) is 3.70. The van der Waals surface area contributed by atoms with E-state index in [1.807, 2.05) is 18.2 Å². The predicted molar refractivity (Wildman–Crippen MR) is 92.1 cm³/mol. The van der Waals surface area contributed by atoms with Gasteiger partial charge < -0.3 is 10.2 Å².